The van der Waals surface area contributed by atoms with Gasteiger partial charge < -0.3 is 9.64 Å². The maximum absolute atomic E-state index is 5.82. The molecule has 102 valence electrons. The Kier molecular flexibility index (Phi) is 5.47. The smallest absolute Gasteiger partial charge is 0.0785 e. The van der Waals surface area contributed by atoms with E-state index in [-0.39, 0.29) is 0 Å². The number of ether oxygens (including phenoxy) is 1. The lowest BCUT2D eigenvalue weighted by atomic mass is 10.1. The summed E-state index contributed by atoms with van der Waals surface area (Å²) in [5.74, 6) is 0. The van der Waals surface area contributed by atoms with E-state index in [2.05, 4.69) is 17.0 Å². The lowest BCUT2D eigenvalue weighted by Gasteiger charge is -2.17. The summed E-state index contributed by atoms with van der Waals surface area (Å²) in [5.41, 5.74) is 0. The maximum atomic E-state index is 5.82. The van der Waals surface area contributed by atoms with Crippen molar-refractivity contribution in [1.82, 2.24) is 14.7 Å². The van der Waals surface area contributed by atoms with E-state index in [0.717, 1.165) is 26.2 Å². The topological polar surface area (TPSA) is 30.3 Å². The van der Waals surface area contributed by atoms with E-state index in [9.17, 15) is 0 Å². The van der Waals surface area contributed by atoms with Gasteiger partial charge in [0.15, 0.2) is 0 Å². The number of hydrogen-bond acceptors (Lipinski definition) is 3. The fourth-order valence-electron chi connectivity index (χ4n) is 2.31. The fourth-order valence-corrected chi connectivity index (χ4v) is 2.46. The first kappa shape index (κ1) is 13.8. The van der Waals surface area contributed by atoms with Crippen molar-refractivity contribution >= 4 is 11.6 Å². The van der Waals surface area contributed by atoms with Crippen LogP contribution in [-0.4, -0.2) is 47.5 Å². The Hall–Kier alpha value is -0.580. The summed E-state index contributed by atoms with van der Waals surface area (Å²) in [6.45, 7) is 3.97. The quantitative estimate of drug-likeness (QED) is 0.763. The van der Waals surface area contributed by atoms with Crippen molar-refractivity contribution < 1.29 is 4.74 Å². The number of halogens is 1. The van der Waals surface area contributed by atoms with Crippen LogP contribution >= 0.6 is 11.6 Å². The van der Waals surface area contributed by atoms with Crippen molar-refractivity contribution in [3.63, 3.8) is 0 Å². The summed E-state index contributed by atoms with van der Waals surface area (Å²) < 4.78 is 7.51. The SMILES string of the molecule is CN(CCC[C@@H]1CCCO1)CCn1cc(Cl)cn1. The Morgan fingerprint density at radius 1 is 1.56 bits per heavy atom. The van der Waals surface area contributed by atoms with Crippen LogP contribution in [0.5, 0.6) is 0 Å². The summed E-state index contributed by atoms with van der Waals surface area (Å²) in [6.07, 6.45) is 8.94. The molecule has 18 heavy (non-hydrogen) atoms. The van der Waals surface area contributed by atoms with Crippen LogP contribution in [0.3, 0.4) is 0 Å². The zero-order chi connectivity index (χ0) is 12.8. The van der Waals surface area contributed by atoms with Crippen LogP contribution in [-0.2, 0) is 11.3 Å². The van der Waals surface area contributed by atoms with Crippen LogP contribution in [0.4, 0.5) is 0 Å². The average Bonchev–Trinajstić information content (AvgIpc) is 2.98. The first-order valence-corrected chi connectivity index (χ1v) is 7.10. The first-order valence-electron chi connectivity index (χ1n) is 6.72. The Balaban J connectivity index is 1.55. The number of rotatable bonds is 7. The third-order valence-electron chi connectivity index (χ3n) is 3.40. The molecular formula is C13H22ClN3O. The molecule has 0 aliphatic carbocycles. The Morgan fingerprint density at radius 3 is 3.11 bits per heavy atom. The molecular weight excluding hydrogens is 250 g/mol. The van der Waals surface area contributed by atoms with Gasteiger partial charge in [0.05, 0.1) is 23.9 Å². The molecule has 2 rings (SSSR count). The van der Waals surface area contributed by atoms with E-state index in [4.69, 9.17) is 16.3 Å². The second-order valence-electron chi connectivity index (χ2n) is 5.00. The molecule has 0 bridgehead atoms. The summed E-state index contributed by atoms with van der Waals surface area (Å²) in [6, 6.07) is 0. The molecule has 1 fully saturated rings. The molecule has 0 aromatic carbocycles. The molecule has 0 amide bonds. The molecule has 0 unspecified atom stereocenters. The predicted octanol–water partition coefficient (Wildman–Crippen LogP) is 2.43. The number of hydrogen-bond donors (Lipinski definition) is 0. The predicted molar refractivity (Wildman–Crippen MR) is 72.9 cm³/mol. The molecule has 1 saturated heterocycles. The minimum Gasteiger partial charge on any atom is -0.378 e. The van der Waals surface area contributed by atoms with Gasteiger partial charge in [0.1, 0.15) is 0 Å². The van der Waals surface area contributed by atoms with E-state index in [0.29, 0.717) is 11.1 Å². The lowest BCUT2D eigenvalue weighted by molar-refractivity contribution is 0.0996. The van der Waals surface area contributed by atoms with Crippen molar-refractivity contribution in [2.75, 3.05) is 26.7 Å². The van der Waals surface area contributed by atoms with Gasteiger partial charge in [-0.1, -0.05) is 11.6 Å². The zero-order valence-electron chi connectivity index (χ0n) is 11.0. The molecule has 1 atom stereocenters. The Morgan fingerprint density at radius 2 is 2.44 bits per heavy atom. The molecule has 1 aromatic rings. The maximum Gasteiger partial charge on any atom is 0.0785 e. The molecule has 1 aromatic heterocycles. The summed E-state index contributed by atoms with van der Waals surface area (Å²) in [4.78, 5) is 2.34. The molecule has 2 heterocycles. The molecule has 0 saturated carbocycles. The van der Waals surface area contributed by atoms with Crippen molar-refractivity contribution in [3.05, 3.63) is 17.4 Å². The summed E-state index contributed by atoms with van der Waals surface area (Å²) in [7, 11) is 2.15. The molecule has 1 aliphatic heterocycles. The van der Waals surface area contributed by atoms with Crippen LogP contribution in [0, 0.1) is 0 Å². The largest absolute Gasteiger partial charge is 0.378 e. The molecule has 4 nitrogen and oxygen atoms in total. The molecule has 0 N–H and O–H groups in total. The number of nitrogens with zero attached hydrogens (tertiary/aromatic N) is 3. The average molecular weight is 272 g/mol. The Bertz CT molecular complexity index is 350. The molecule has 0 radical (unpaired) electrons. The minimum atomic E-state index is 0.517. The highest BCUT2D eigenvalue weighted by Gasteiger charge is 2.14. The third kappa shape index (κ3) is 4.59. The minimum absolute atomic E-state index is 0.517. The van der Waals surface area contributed by atoms with Crippen molar-refractivity contribution in [3.8, 4) is 0 Å². The van der Waals surface area contributed by atoms with E-state index < -0.39 is 0 Å². The zero-order valence-corrected chi connectivity index (χ0v) is 11.8. The van der Waals surface area contributed by atoms with Crippen LogP contribution in [0.1, 0.15) is 25.7 Å². The second kappa shape index (κ2) is 7.12. The number of likely N-dealkylation sites (N-methyl/N-ethyl adjacent to an activating group) is 1. The van der Waals surface area contributed by atoms with E-state index >= 15 is 0 Å². The van der Waals surface area contributed by atoms with Gasteiger partial charge in [-0.25, -0.2) is 0 Å². The van der Waals surface area contributed by atoms with Gasteiger partial charge in [-0.2, -0.15) is 5.10 Å². The van der Waals surface area contributed by atoms with Gasteiger partial charge in [0.2, 0.25) is 0 Å². The summed E-state index contributed by atoms with van der Waals surface area (Å²) in [5, 5.41) is 4.87. The van der Waals surface area contributed by atoms with Crippen molar-refractivity contribution in [2.45, 2.75) is 38.3 Å². The monoisotopic (exact) mass is 271 g/mol. The van der Waals surface area contributed by atoms with Crippen LogP contribution in [0.15, 0.2) is 12.4 Å². The van der Waals surface area contributed by atoms with E-state index in [1.807, 2.05) is 10.9 Å². The highest BCUT2D eigenvalue weighted by Crippen LogP contribution is 2.16. The van der Waals surface area contributed by atoms with Gasteiger partial charge >= 0.3 is 0 Å². The van der Waals surface area contributed by atoms with Crippen molar-refractivity contribution in [1.29, 1.82) is 0 Å². The van der Waals surface area contributed by atoms with Crippen LogP contribution in [0.2, 0.25) is 5.02 Å². The van der Waals surface area contributed by atoms with E-state index in [1.54, 1.807) is 6.20 Å². The highest BCUT2D eigenvalue weighted by atomic mass is 35.5. The molecule has 5 heteroatoms. The highest BCUT2D eigenvalue weighted by molar-refractivity contribution is 6.30. The van der Waals surface area contributed by atoms with Gasteiger partial charge in [0, 0.05) is 19.3 Å². The third-order valence-corrected chi connectivity index (χ3v) is 3.60. The number of aromatic nitrogens is 2. The Labute approximate surface area is 114 Å². The lowest BCUT2D eigenvalue weighted by Crippen LogP contribution is -2.25. The van der Waals surface area contributed by atoms with Crippen LogP contribution < -0.4 is 0 Å². The summed E-state index contributed by atoms with van der Waals surface area (Å²) >= 11 is 5.82. The standard InChI is InChI=1S/C13H22ClN3O/c1-16(6-2-4-13-5-3-9-18-13)7-8-17-11-12(14)10-15-17/h10-11,13H,2-9H2,1H3/t13-/m1/s1. The molecule has 0 spiro atoms. The van der Waals surface area contributed by atoms with Crippen LogP contribution in [0.25, 0.3) is 0 Å². The van der Waals surface area contributed by atoms with Gasteiger partial charge in [-0.15, -0.1) is 0 Å². The van der Waals surface area contributed by atoms with Crippen molar-refractivity contribution in [2.24, 2.45) is 0 Å². The van der Waals surface area contributed by atoms with Gasteiger partial charge in [-0.3, -0.25) is 4.68 Å². The van der Waals surface area contributed by atoms with Gasteiger partial charge in [0.25, 0.3) is 0 Å². The molecule has 1 aliphatic rings. The normalized spacial score (nSPS) is 19.8. The fraction of sp³-hybridized carbons (Fsp3) is 0.769. The van der Waals surface area contributed by atoms with Gasteiger partial charge in [-0.05, 0) is 39.3 Å². The second-order valence-corrected chi connectivity index (χ2v) is 5.44. The van der Waals surface area contributed by atoms with E-state index in [1.165, 1.54) is 25.7 Å². The first-order chi connectivity index (χ1) is 8.74.